The summed E-state index contributed by atoms with van der Waals surface area (Å²) in [6.45, 7) is 3.64. The highest BCUT2D eigenvalue weighted by Crippen LogP contribution is 2.23. The Morgan fingerprint density at radius 3 is 1.33 bits per heavy atom. The van der Waals surface area contributed by atoms with Crippen LogP contribution in [0.25, 0.3) is 0 Å². The van der Waals surface area contributed by atoms with E-state index in [1.807, 2.05) is 6.08 Å². The van der Waals surface area contributed by atoms with Crippen molar-refractivity contribution in [1.82, 2.24) is 5.32 Å². The molecule has 0 bridgehead atoms. The van der Waals surface area contributed by atoms with Crippen LogP contribution in [-0.2, 0) is 14.3 Å². The first-order valence-electron chi connectivity index (χ1n) is 29.1. The second-order valence-corrected chi connectivity index (χ2v) is 19.7. The number of unbranched alkanes of at least 4 members (excludes halogenated alkanes) is 22. The van der Waals surface area contributed by atoms with Crippen LogP contribution >= 0.6 is 0 Å². The first kappa shape index (κ1) is 66.9. The quantitative estimate of drug-likeness (QED) is 0.0261. The molecular weight excluding hydrogens is 899 g/mol. The molecule has 9 nitrogen and oxygen atoms in total. The summed E-state index contributed by atoms with van der Waals surface area (Å²) in [4.78, 5) is 13.1. The van der Waals surface area contributed by atoms with Crippen molar-refractivity contribution < 1.29 is 39.8 Å². The van der Waals surface area contributed by atoms with E-state index in [9.17, 15) is 30.3 Å². The summed E-state index contributed by atoms with van der Waals surface area (Å²) in [7, 11) is 0. The summed E-state index contributed by atoms with van der Waals surface area (Å²) in [5.74, 6) is -0.209. The molecule has 6 N–H and O–H groups in total. The Balaban J connectivity index is 2.30. The normalized spacial score (nSPS) is 20.0. The van der Waals surface area contributed by atoms with Crippen LogP contribution in [0.5, 0.6) is 0 Å². The van der Waals surface area contributed by atoms with Crippen LogP contribution < -0.4 is 5.32 Å². The number of hydrogen-bond donors (Lipinski definition) is 6. The van der Waals surface area contributed by atoms with Crippen molar-refractivity contribution >= 4 is 5.91 Å². The third-order valence-electron chi connectivity index (χ3n) is 13.1. The molecule has 1 amide bonds. The number of nitrogens with one attached hydrogen (secondary N) is 1. The molecule has 412 valence electrons. The van der Waals surface area contributed by atoms with Gasteiger partial charge in [-0.2, -0.15) is 0 Å². The smallest absolute Gasteiger partial charge is 0.220 e. The van der Waals surface area contributed by atoms with Crippen LogP contribution in [0.1, 0.15) is 226 Å². The van der Waals surface area contributed by atoms with E-state index in [1.54, 1.807) is 6.08 Å². The molecule has 1 saturated heterocycles. The first-order valence-corrected chi connectivity index (χ1v) is 29.1. The van der Waals surface area contributed by atoms with Crippen molar-refractivity contribution in [2.75, 3.05) is 13.2 Å². The third-order valence-corrected chi connectivity index (χ3v) is 13.1. The molecule has 1 aliphatic heterocycles. The number of carbonyl (C=O) groups excluding carboxylic acids is 1. The second-order valence-electron chi connectivity index (χ2n) is 19.7. The van der Waals surface area contributed by atoms with E-state index in [0.29, 0.717) is 6.42 Å². The minimum Gasteiger partial charge on any atom is -0.394 e. The number of allylic oxidation sites excluding steroid dienone is 17. The average molecular weight is 1010 g/mol. The highest BCUT2D eigenvalue weighted by molar-refractivity contribution is 5.76. The summed E-state index contributed by atoms with van der Waals surface area (Å²) in [6.07, 6.45) is 68.6. The van der Waals surface area contributed by atoms with E-state index in [2.05, 4.69) is 116 Å². The molecule has 0 aromatic rings. The van der Waals surface area contributed by atoms with Crippen LogP contribution in [0, 0.1) is 0 Å². The molecule has 9 heteroatoms. The Morgan fingerprint density at radius 2 is 0.875 bits per heavy atom. The van der Waals surface area contributed by atoms with E-state index < -0.39 is 49.5 Å². The Labute approximate surface area is 440 Å². The molecule has 1 aliphatic rings. The summed E-state index contributed by atoms with van der Waals surface area (Å²) >= 11 is 0. The lowest BCUT2D eigenvalue weighted by atomic mass is 9.99. The van der Waals surface area contributed by atoms with Gasteiger partial charge in [-0.3, -0.25) is 4.79 Å². The van der Waals surface area contributed by atoms with Gasteiger partial charge in [0.2, 0.25) is 5.91 Å². The summed E-state index contributed by atoms with van der Waals surface area (Å²) in [5, 5.41) is 54.5. The minimum atomic E-state index is -1.58. The average Bonchev–Trinajstić information content (AvgIpc) is 3.38. The fourth-order valence-electron chi connectivity index (χ4n) is 8.49. The van der Waals surface area contributed by atoms with Crippen LogP contribution in [-0.4, -0.2) is 87.5 Å². The lowest BCUT2D eigenvalue weighted by Gasteiger charge is -2.40. The molecule has 0 saturated carbocycles. The predicted molar refractivity (Wildman–Crippen MR) is 304 cm³/mol. The number of aliphatic hydroxyl groups excluding tert-OH is 5. The fourth-order valence-corrected chi connectivity index (χ4v) is 8.49. The van der Waals surface area contributed by atoms with Crippen molar-refractivity contribution in [3.05, 3.63) is 109 Å². The Hall–Kier alpha value is -3.15. The van der Waals surface area contributed by atoms with Gasteiger partial charge in [0.05, 0.1) is 25.4 Å². The van der Waals surface area contributed by atoms with Crippen LogP contribution in [0.3, 0.4) is 0 Å². The number of hydrogen-bond acceptors (Lipinski definition) is 8. The molecule has 0 aromatic carbocycles. The van der Waals surface area contributed by atoms with Gasteiger partial charge in [0, 0.05) is 6.42 Å². The molecule has 0 aliphatic carbocycles. The van der Waals surface area contributed by atoms with Gasteiger partial charge in [0.1, 0.15) is 24.4 Å². The van der Waals surface area contributed by atoms with Crippen LogP contribution in [0.2, 0.25) is 0 Å². The predicted octanol–water partition coefficient (Wildman–Crippen LogP) is 14.6. The van der Waals surface area contributed by atoms with Crippen molar-refractivity contribution in [3.8, 4) is 0 Å². The fraction of sp³-hybridized carbons (Fsp3) is 0.698. The molecule has 0 spiro atoms. The number of aliphatic hydroxyl groups is 5. The maximum atomic E-state index is 13.1. The number of rotatable bonds is 48. The van der Waals surface area contributed by atoms with E-state index in [0.717, 1.165) is 116 Å². The van der Waals surface area contributed by atoms with Crippen molar-refractivity contribution in [1.29, 1.82) is 0 Å². The zero-order valence-corrected chi connectivity index (χ0v) is 45.6. The monoisotopic (exact) mass is 1010 g/mol. The molecule has 1 rings (SSSR count). The Kier molecular flexibility index (Phi) is 47.7. The maximum Gasteiger partial charge on any atom is 0.220 e. The Morgan fingerprint density at radius 1 is 0.486 bits per heavy atom. The highest BCUT2D eigenvalue weighted by atomic mass is 16.7. The van der Waals surface area contributed by atoms with Crippen molar-refractivity contribution in [2.24, 2.45) is 0 Å². The van der Waals surface area contributed by atoms with Crippen molar-refractivity contribution in [2.45, 2.75) is 269 Å². The SMILES string of the molecule is CC/C=C\C/C=C\C/C=C\C/C=C\C/C=C\C/C=C\CCCCCCCCC(=O)NC(COC1OC(CO)C(O)C(O)C1O)C(O)/C=C/CC/C=C/CC/C=C/CCCCCCCCCCCCCCCC. The van der Waals surface area contributed by atoms with Gasteiger partial charge in [-0.15, -0.1) is 0 Å². The topological polar surface area (TPSA) is 149 Å². The van der Waals surface area contributed by atoms with E-state index >= 15 is 0 Å². The number of ether oxygens (including phenoxy) is 2. The van der Waals surface area contributed by atoms with Gasteiger partial charge in [-0.25, -0.2) is 0 Å². The molecule has 0 radical (unpaired) electrons. The van der Waals surface area contributed by atoms with E-state index in [1.165, 1.54) is 89.9 Å². The maximum absolute atomic E-state index is 13.1. The van der Waals surface area contributed by atoms with E-state index in [-0.39, 0.29) is 12.5 Å². The van der Waals surface area contributed by atoms with Gasteiger partial charge in [0.15, 0.2) is 6.29 Å². The zero-order chi connectivity index (χ0) is 52.2. The van der Waals surface area contributed by atoms with E-state index in [4.69, 9.17) is 9.47 Å². The summed E-state index contributed by atoms with van der Waals surface area (Å²) in [6, 6.07) is -0.845. The third kappa shape index (κ3) is 40.3. The van der Waals surface area contributed by atoms with Gasteiger partial charge in [-0.05, 0) is 96.3 Å². The minimum absolute atomic E-state index is 0.209. The summed E-state index contributed by atoms with van der Waals surface area (Å²) in [5.41, 5.74) is 0. The molecule has 72 heavy (non-hydrogen) atoms. The molecule has 7 unspecified atom stereocenters. The summed E-state index contributed by atoms with van der Waals surface area (Å²) < 4.78 is 11.2. The van der Waals surface area contributed by atoms with Crippen LogP contribution in [0.4, 0.5) is 0 Å². The van der Waals surface area contributed by atoms with Crippen LogP contribution in [0.15, 0.2) is 109 Å². The number of amides is 1. The lowest BCUT2D eigenvalue weighted by Crippen LogP contribution is -2.60. The van der Waals surface area contributed by atoms with Crippen molar-refractivity contribution in [3.63, 3.8) is 0 Å². The molecule has 1 heterocycles. The zero-order valence-electron chi connectivity index (χ0n) is 45.6. The number of carbonyl (C=O) groups is 1. The lowest BCUT2D eigenvalue weighted by molar-refractivity contribution is -0.302. The van der Waals surface area contributed by atoms with Gasteiger partial charge >= 0.3 is 0 Å². The second kappa shape index (κ2) is 51.3. The standard InChI is InChI=1S/C63H107NO8/c1-3-5-7-9-11-13-15-17-19-21-23-25-27-29-31-33-35-37-39-41-43-45-47-49-51-53-59(67)64-56(55-71-63-62(70)61(69)60(68)58(54-65)72-63)57(66)52-50-48-46-44-42-40-38-36-34-32-30-28-26-24-22-20-18-16-14-12-10-8-6-4-2/h5,7,11,13,17,19,23,25,29,31,34-37,42,44,50,52,56-58,60-63,65-66,68-70H,3-4,6,8-10,12,14-16,18,20-22,24,26-28,30,32-33,38-41,43,45-49,51,53-55H2,1-2H3,(H,64,67)/b7-5-,13-11-,19-17-,25-23-,31-29-,36-34+,37-35-,44-42+,52-50+. The van der Waals surface area contributed by atoms with Gasteiger partial charge in [-0.1, -0.05) is 232 Å². The molecule has 0 aromatic heterocycles. The first-order chi connectivity index (χ1) is 35.3. The molecular formula is C63H107NO8. The highest BCUT2D eigenvalue weighted by Gasteiger charge is 2.44. The molecule has 1 fully saturated rings. The van der Waals surface area contributed by atoms with Gasteiger partial charge in [0.25, 0.3) is 0 Å². The Bertz CT molecular complexity index is 1490. The molecule has 7 atom stereocenters. The largest absolute Gasteiger partial charge is 0.394 e. The van der Waals surface area contributed by atoms with Gasteiger partial charge < -0.3 is 40.3 Å².